The molecule has 0 aromatic rings. The highest BCUT2D eigenvalue weighted by molar-refractivity contribution is 6.33. The van der Waals surface area contributed by atoms with Gasteiger partial charge in [0, 0.05) is 19.8 Å². The van der Waals surface area contributed by atoms with Crippen molar-refractivity contribution < 1.29 is 0 Å². The van der Waals surface area contributed by atoms with E-state index in [1.165, 1.54) is 16.7 Å². The van der Waals surface area contributed by atoms with E-state index in [0.29, 0.717) is 9.52 Å². The average Bonchev–Trinajstić information content (AvgIpc) is 1.61. The summed E-state index contributed by atoms with van der Waals surface area (Å²) in [6.45, 7) is 4.75. The van der Waals surface area contributed by atoms with Crippen LogP contribution in [0.5, 0.6) is 0 Å². The van der Waals surface area contributed by atoms with Crippen LogP contribution in [0.2, 0.25) is 18.1 Å². The summed E-state index contributed by atoms with van der Waals surface area (Å²) < 4.78 is 0. The summed E-state index contributed by atoms with van der Waals surface area (Å²) in [7, 11) is 1.80. The molecular weight excluding hydrogens is 116 g/mol. The third-order valence-corrected chi connectivity index (χ3v) is 2.83. The van der Waals surface area contributed by atoms with Crippen LogP contribution in [0.25, 0.3) is 0 Å². The topological polar surface area (TPSA) is 0 Å². The van der Waals surface area contributed by atoms with Crippen LogP contribution in [0.1, 0.15) is 13.3 Å². The highest BCUT2D eigenvalue weighted by atomic mass is 28.2. The molecule has 0 saturated heterocycles. The summed E-state index contributed by atoms with van der Waals surface area (Å²) >= 11 is 0. The maximum atomic E-state index is 2.39. The zero-order valence-electron chi connectivity index (χ0n) is 5.70. The number of hydrogen-bond acceptors (Lipinski definition) is 0. The van der Waals surface area contributed by atoms with Gasteiger partial charge in [-0.05, 0) is 0 Å². The number of hydrogen-bond donors (Lipinski definition) is 0. The van der Waals surface area contributed by atoms with Crippen LogP contribution in [0.15, 0.2) is 0 Å². The minimum absolute atomic E-state index is 0.393. The molecule has 0 spiro atoms. The first-order valence-corrected chi connectivity index (χ1v) is 6.84. The Balaban J connectivity index is 2.68. The quantitative estimate of drug-likeness (QED) is 0.481. The summed E-state index contributed by atoms with van der Waals surface area (Å²) in [6.07, 6.45) is 1.52. The van der Waals surface area contributed by atoms with Crippen LogP contribution in [0.3, 0.4) is 0 Å². The first-order chi connectivity index (χ1) is 3.27. The molecule has 0 aliphatic carbocycles. The molecule has 1 atom stereocenters. The van der Waals surface area contributed by atoms with Gasteiger partial charge in [0.15, 0.2) is 0 Å². The van der Waals surface area contributed by atoms with E-state index >= 15 is 0 Å². The molecule has 7 heavy (non-hydrogen) atoms. The molecule has 0 N–H and O–H groups in total. The second-order valence-electron chi connectivity index (χ2n) is 2.54. The molecule has 0 fully saturated rings. The standard InChI is InChI=1S/C5H16Si2/c1-5(6)3-4-7-2/h5H,3-4,7H2,1-2,6H3. The summed E-state index contributed by atoms with van der Waals surface area (Å²) in [6, 6.07) is 1.57. The molecule has 0 amide bonds. The fourth-order valence-electron chi connectivity index (χ4n) is 0.612. The summed E-state index contributed by atoms with van der Waals surface area (Å²) in [5.41, 5.74) is 1.08. The van der Waals surface area contributed by atoms with Gasteiger partial charge in [-0.25, -0.2) is 0 Å². The molecule has 1 unspecified atom stereocenters. The van der Waals surface area contributed by atoms with Gasteiger partial charge in [0.25, 0.3) is 0 Å². The Labute approximate surface area is 51.9 Å². The fraction of sp³-hybridized carbons (Fsp3) is 1.00. The van der Waals surface area contributed by atoms with Crippen LogP contribution in [-0.4, -0.2) is 19.8 Å². The Bertz CT molecular complexity index is 35.1. The van der Waals surface area contributed by atoms with Gasteiger partial charge in [-0.2, -0.15) is 0 Å². The summed E-state index contributed by atoms with van der Waals surface area (Å²) in [5, 5.41) is 0. The van der Waals surface area contributed by atoms with E-state index in [-0.39, 0.29) is 0 Å². The van der Waals surface area contributed by atoms with Crippen molar-refractivity contribution in [1.82, 2.24) is 0 Å². The SMILES string of the molecule is C[SiH2]CCC(C)[SiH3]. The Morgan fingerprint density at radius 1 is 1.71 bits per heavy atom. The maximum Gasteiger partial charge on any atom is 0.0166 e. The zero-order chi connectivity index (χ0) is 5.70. The summed E-state index contributed by atoms with van der Waals surface area (Å²) in [4.78, 5) is 0. The van der Waals surface area contributed by atoms with E-state index in [9.17, 15) is 0 Å². The molecule has 0 aromatic carbocycles. The van der Waals surface area contributed by atoms with Gasteiger partial charge in [-0.1, -0.05) is 31.5 Å². The van der Waals surface area contributed by atoms with E-state index in [4.69, 9.17) is 0 Å². The molecule has 0 aliphatic rings. The highest BCUT2D eigenvalue weighted by Gasteiger charge is 1.89. The lowest BCUT2D eigenvalue weighted by Crippen LogP contribution is -1.87. The van der Waals surface area contributed by atoms with Crippen molar-refractivity contribution in [3.05, 3.63) is 0 Å². The van der Waals surface area contributed by atoms with Gasteiger partial charge in [0.1, 0.15) is 0 Å². The van der Waals surface area contributed by atoms with Crippen LogP contribution < -0.4 is 0 Å². The Hall–Kier alpha value is 0.434. The largest absolute Gasteiger partial charge is 0.0748 e. The lowest BCUT2D eigenvalue weighted by molar-refractivity contribution is 0.875. The van der Waals surface area contributed by atoms with Crippen molar-refractivity contribution in [2.45, 2.75) is 31.5 Å². The van der Waals surface area contributed by atoms with Crippen LogP contribution in [0.4, 0.5) is 0 Å². The van der Waals surface area contributed by atoms with Gasteiger partial charge in [0.2, 0.25) is 0 Å². The van der Waals surface area contributed by atoms with Crippen LogP contribution in [-0.2, 0) is 0 Å². The molecule has 0 heterocycles. The predicted octanol–water partition coefficient (Wildman–Crippen LogP) is 0.185. The van der Waals surface area contributed by atoms with Crippen molar-refractivity contribution in [2.24, 2.45) is 0 Å². The van der Waals surface area contributed by atoms with Gasteiger partial charge < -0.3 is 0 Å². The van der Waals surface area contributed by atoms with Crippen molar-refractivity contribution in [3.63, 3.8) is 0 Å². The van der Waals surface area contributed by atoms with Gasteiger partial charge in [0.05, 0.1) is 0 Å². The van der Waals surface area contributed by atoms with Crippen molar-refractivity contribution >= 4 is 19.8 Å². The Morgan fingerprint density at radius 3 is 2.43 bits per heavy atom. The average molecular weight is 132 g/mol. The molecule has 44 valence electrons. The molecule has 0 saturated carbocycles. The van der Waals surface area contributed by atoms with E-state index in [1.807, 2.05) is 0 Å². The van der Waals surface area contributed by atoms with E-state index in [0.717, 1.165) is 5.54 Å². The molecular formula is C5H16Si2. The second-order valence-corrected chi connectivity index (χ2v) is 6.21. The molecule has 0 nitrogen and oxygen atoms in total. The third kappa shape index (κ3) is 6.43. The molecule has 0 aromatic heterocycles. The molecule has 0 bridgehead atoms. The number of rotatable bonds is 3. The van der Waals surface area contributed by atoms with Crippen molar-refractivity contribution in [3.8, 4) is 0 Å². The lowest BCUT2D eigenvalue weighted by Gasteiger charge is -1.98. The van der Waals surface area contributed by atoms with Crippen molar-refractivity contribution in [2.75, 3.05) is 0 Å². The minimum Gasteiger partial charge on any atom is -0.0748 e. The van der Waals surface area contributed by atoms with Gasteiger partial charge in [-0.15, -0.1) is 0 Å². The maximum absolute atomic E-state index is 2.39. The van der Waals surface area contributed by atoms with E-state index in [1.54, 1.807) is 6.04 Å². The third-order valence-electron chi connectivity index (χ3n) is 1.14. The Kier molecular flexibility index (Phi) is 4.87. The van der Waals surface area contributed by atoms with Crippen molar-refractivity contribution in [1.29, 1.82) is 0 Å². The van der Waals surface area contributed by atoms with Gasteiger partial charge in [-0.3, -0.25) is 0 Å². The predicted molar refractivity (Wildman–Crippen MR) is 43.2 cm³/mol. The van der Waals surface area contributed by atoms with Gasteiger partial charge >= 0.3 is 0 Å². The van der Waals surface area contributed by atoms with Crippen LogP contribution in [0, 0.1) is 0 Å². The first-order valence-electron chi connectivity index (χ1n) is 3.27. The first kappa shape index (κ1) is 7.43. The van der Waals surface area contributed by atoms with E-state index in [2.05, 4.69) is 13.5 Å². The minimum atomic E-state index is 0.393. The molecule has 0 rings (SSSR count). The monoisotopic (exact) mass is 132 g/mol. The van der Waals surface area contributed by atoms with Crippen LogP contribution >= 0.6 is 0 Å². The molecule has 0 aliphatic heterocycles. The molecule has 2 heteroatoms. The smallest absolute Gasteiger partial charge is 0.0166 e. The fourth-order valence-corrected chi connectivity index (χ4v) is 3.06. The normalized spacial score (nSPS) is 16.3. The Morgan fingerprint density at radius 2 is 2.29 bits per heavy atom. The second kappa shape index (κ2) is 4.59. The molecule has 0 radical (unpaired) electrons. The lowest BCUT2D eigenvalue weighted by atomic mass is 10.4. The summed E-state index contributed by atoms with van der Waals surface area (Å²) in [5.74, 6) is 0. The highest BCUT2D eigenvalue weighted by Crippen LogP contribution is 2.05. The zero-order valence-corrected chi connectivity index (χ0v) is 9.11. The van der Waals surface area contributed by atoms with E-state index < -0.39 is 0 Å².